The Morgan fingerprint density at radius 2 is 2.17 bits per heavy atom. The molecule has 0 spiro atoms. The maximum Gasteiger partial charge on any atom is 0.244 e. The van der Waals surface area contributed by atoms with Crippen LogP contribution in [0.4, 0.5) is 0 Å². The summed E-state index contributed by atoms with van der Waals surface area (Å²) in [7, 11) is 0. The van der Waals surface area contributed by atoms with Crippen LogP contribution >= 0.6 is 0 Å². The zero-order chi connectivity index (χ0) is 16.9. The van der Waals surface area contributed by atoms with Gasteiger partial charge in [0.05, 0.1) is 12.7 Å². The summed E-state index contributed by atoms with van der Waals surface area (Å²) >= 11 is 0. The van der Waals surface area contributed by atoms with Crippen molar-refractivity contribution in [3.8, 4) is 5.75 Å². The second kappa shape index (κ2) is 7.12. The van der Waals surface area contributed by atoms with E-state index in [1.807, 2.05) is 50.4 Å². The standard InChI is InChI=1S/C18H20N4O2/c1-13-11-21-22(12-13)14(2)18(23)20-9-10-24-16-7-3-5-15-6-4-8-19-17(15)16/h3-8,11-12,14H,9-10H2,1-2H3,(H,20,23)/t14-/m0/s1. The minimum atomic E-state index is -0.349. The maximum absolute atomic E-state index is 12.1. The van der Waals surface area contributed by atoms with Crippen molar-refractivity contribution >= 4 is 16.8 Å². The van der Waals surface area contributed by atoms with E-state index in [2.05, 4.69) is 15.4 Å². The van der Waals surface area contributed by atoms with E-state index in [0.29, 0.717) is 13.2 Å². The number of aryl methyl sites for hydroxylation is 1. The zero-order valence-electron chi connectivity index (χ0n) is 13.8. The summed E-state index contributed by atoms with van der Waals surface area (Å²) in [5.74, 6) is 0.635. The Morgan fingerprint density at radius 3 is 2.96 bits per heavy atom. The van der Waals surface area contributed by atoms with Gasteiger partial charge in [-0.25, -0.2) is 0 Å². The van der Waals surface area contributed by atoms with E-state index < -0.39 is 0 Å². The fraction of sp³-hybridized carbons (Fsp3) is 0.278. The van der Waals surface area contributed by atoms with Gasteiger partial charge in [0.2, 0.25) is 5.91 Å². The van der Waals surface area contributed by atoms with Crippen LogP contribution in [0.25, 0.3) is 10.9 Å². The van der Waals surface area contributed by atoms with Crippen molar-refractivity contribution in [3.63, 3.8) is 0 Å². The Balaban J connectivity index is 1.52. The number of hydrogen-bond acceptors (Lipinski definition) is 4. The molecule has 0 aliphatic carbocycles. The van der Waals surface area contributed by atoms with E-state index in [4.69, 9.17) is 4.74 Å². The van der Waals surface area contributed by atoms with Gasteiger partial charge in [-0.1, -0.05) is 18.2 Å². The largest absolute Gasteiger partial charge is 0.489 e. The molecule has 24 heavy (non-hydrogen) atoms. The number of nitrogens with zero attached hydrogens (tertiary/aromatic N) is 3. The molecule has 0 radical (unpaired) electrons. The highest BCUT2D eigenvalue weighted by atomic mass is 16.5. The van der Waals surface area contributed by atoms with Gasteiger partial charge in [-0.2, -0.15) is 5.10 Å². The van der Waals surface area contributed by atoms with E-state index in [9.17, 15) is 4.79 Å². The number of carbonyl (C=O) groups excluding carboxylic acids is 1. The van der Waals surface area contributed by atoms with Gasteiger partial charge in [0, 0.05) is 17.8 Å². The van der Waals surface area contributed by atoms with E-state index in [1.165, 1.54) is 0 Å². The second-order valence-corrected chi connectivity index (χ2v) is 5.64. The molecule has 0 bridgehead atoms. The summed E-state index contributed by atoms with van der Waals surface area (Å²) in [6.07, 6.45) is 5.33. The van der Waals surface area contributed by atoms with Gasteiger partial charge in [-0.3, -0.25) is 14.5 Å². The molecule has 2 heterocycles. The van der Waals surface area contributed by atoms with Crippen LogP contribution in [0, 0.1) is 6.92 Å². The first-order valence-corrected chi connectivity index (χ1v) is 7.90. The van der Waals surface area contributed by atoms with Crippen molar-refractivity contribution in [2.75, 3.05) is 13.2 Å². The third-order valence-electron chi connectivity index (χ3n) is 3.76. The Hall–Kier alpha value is -2.89. The van der Waals surface area contributed by atoms with E-state index in [0.717, 1.165) is 22.2 Å². The monoisotopic (exact) mass is 324 g/mol. The number of aromatic nitrogens is 3. The van der Waals surface area contributed by atoms with Crippen molar-refractivity contribution in [2.45, 2.75) is 19.9 Å². The fourth-order valence-corrected chi connectivity index (χ4v) is 2.44. The number of para-hydroxylation sites is 1. The van der Waals surface area contributed by atoms with Crippen LogP contribution in [0.1, 0.15) is 18.5 Å². The van der Waals surface area contributed by atoms with Crippen molar-refractivity contribution in [1.82, 2.24) is 20.1 Å². The van der Waals surface area contributed by atoms with Gasteiger partial charge in [-0.05, 0) is 31.5 Å². The molecular formula is C18H20N4O2. The summed E-state index contributed by atoms with van der Waals surface area (Å²) < 4.78 is 7.41. The molecule has 6 heteroatoms. The van der Waals surface area contributed by atoms with Gasteiger partial charge in [0.1, 0.15) is 23.9 Å². The Kier molecular flexibility index (Phi) is 4.74. The predicted octanol–water partition coefficient (Wildman–Crippen LogP) is 2.50. The number of hydrogen-bond donors (Lipinski definition) is 1. The highest BCUT2D eigenvalue weighted by Gasteiger charge is 2.14. The predicted molar refractivity (Wildman–Crippen MR) is 91.9 cm³/mol. The Bertz CT molecular complexity index is 838. The molecule has 0 aliphatic heterocycles. The highest BCUT2D eigenvalue weighted by Crippen LogP contribution is 2.22. The fourth-order valence-electron chi connectivity index (χ4n) is 2.44. The van der Waals surface area contributed by atoms with Gasteiger partial charge in [0.25, 0.3) is 0 Å². The third-order valence-corrected chi connectivity index (χ3v) is 3.76. The van der Waals surface area contributed by atoms with E-state index in [-0.39, 0.29) is 11.9 Å². The highest BCUT2D eigenvalue weighted by molar-refractivity contribution is 5.84. The van der Waals surface area contributed by atoms with Gasteiger partial charge < -0.3 is 10.1 Å². The topological polar surface area (TPSA) is 69.0 Å². The lowest BCUT2D eigenvalue weighted by atomic mass is 10.2. The summed E-state index contributed by atoms with van der Waals surface area (Å²) in [6, 6.07) is 9.34. The van der Waals surface area contributed by atoms with Crippen molar-refractivity contribution < 1.29 is 9.53 Å². The minimum absolute atomic E-state index is 0.0854. The van der Waals surface area contributed by atoms with Crippen molar-refractivity contribution in [1.29, 1.82) is 0 Å². The van der Waals surface area contributed by atoms with Crippen LogP contribution in [0.2, 0.25) is 0 Å². The molecule has 1 aromatic carbocycles. The molecule has 0 saturated carbocycles. The molecule has 1 N–H and O–H groups in total. The number of fused-ring (bicyclic) bond motifs is 1. The van der Waals surface area contributed by atoms with Crippen molar-refractivity contribution in [2.24, 2.45) is 0 Å². The molecule has 3 aromatic rings. The Morgan fingerprint density at radius 1 is 1.33 bits per heavy atom. The van der Waals surface area contributed by atoms with Gasteiger partial charge in [0.15, 0.2) is 0 Å². The number of pyridine rings is 1. The first-order valence-electron chi connectivity index (χ1n) is 7.90. The van der Waals surface area contributed by atoms with Crippen LogP contribution in [0.15, 0.2) is 48.9 Å². The molecule has 2 aromatic heterocycles. The summed E-state index contributed by atoms with van der Waals surface area (Å²) in [4.78, 5) is 16.5. The van der Waals surface area contributed by atoms with Gasteiger partial charge in [-0.15, -0.1) is 0 Å². The second-order valence-electron chi connectivity index (χ2n) is 5.64. The number of ether oxygens (including phenoxy) is 1. The third kappa shape index (κ3) is 3.53. The lowest BCUT2D eigenvalue weighted by molar-refractivity contribution is -0.124. The number of rotatable bonds is 6. The molecule has 6 nitrogen and oxygen atoms in total. The van der Waals surface area contributed by atoms with Crippen LogP contribution in [-0.2, 0) is 4.79 Å². The molecule has 1 amide bonds. The first-order chi connectivity index (χ1) is 11.6. The molecule has 0 fully saturated rings. The number of nitrogens with one attached hydrogen (secondary N) is 1. The SMILES string of the molecule is Cc1cnn([C@@H](C)C(=O)NCCOc2cccc3cccnc23)c1. The first kappa shape index (κ1) is 16.0. The summed E-state index contributed by atoms with van der Waals surface area (Å²) in [6.45, 7) is 4.57. The van der Waals surface area contributed by atoms with Crippen molar-refractivity contribution in [3.05, 3.63) is 54.5 Å². The average molecular weight is 324 g/mol. The maximum atomic E-state index is 12.1. The van der Waals surface area contributed by atoms with Crippen LogP contribution in [0.3, 0.4) is 0 Å². The lowest BCUT2D eigenvalue weighted by Gasteiger charge is -2.13. The minimum Gasteiger partial charge on any atom is -0.489 e. The quantitative estimate of drug-likeness (QED) is 0.707. The van der Waals surface area contributed by atoms with Crippen LogP contribution in [0.5, 0.6) is 5.75 Å². The number of amides is 1. The zero-order valence-corrected chi connectivity index (χ0v) is 13.8. The van der Waals surface area contributed by atoms with E-state index >= 15 is 0 Å². The number of benzene rings is 1. The Labute approximate surface area is 140 Å². The molecule has 3 rings (SSSR count). The summed E-state index contributed by atoms with van der Waals surface area (Å²) in [5, 5.41) is 8.06. The molecule has 1 atom stereocenters. The molecular weight excluding hydrogens is 304 g/mol. The lowest BCUT2D eigenvalue weighted by Crippen LogP contribution is -2.34. The molecule has 0 unspecified atom stereocenters. The normalized spacial score (nSPS) is 12.1. The average Bonchev–Trinajstić information content (AvgIpc) is 3.04. The molecule has 0 saturated heterocycles. The molecule has 0 aliphatic rings. The number of carbonyl (C=O) groups is 1. The summed E-state index contributed by atoms with van der Waals surface area (Å²) in [5.41, 5.74) is 1.85. The smallest absolute Gasteiger partial charge is 0.244 e. The molecule has 124 valence electrons. The van der Waals surface area contributed by atoms with Gasteiger partial charge >= 0.3 is 0 Å². The van der Waals surface area contributed by atoms with E-state index in [1.54, 1.807) is 17.1 Å². The van der Waals surface area contributed by atoms with Crippen LogP contribution in [-0.4, -0.2) is 33.8 Å². The van der Waals surface area contributed by atoms with Crippen LogP contribution < -0.4 is 10.1 Å².